The highest BCUT2D eigenvalue weighted by Crippen LogP contribution is 2.31. The second-order valence-corrected chi connectivity index (χ2v) is 4.37. The molecule has 2 atom stereocenters. The molecule has 3 rings (SSSR count). The van der Waals surface area contributed by atoms with Gasteiger partial charge in [0, 0.05) is 13.2 Å². The molecule has 1 aromatic rings. The molecule has 16 heavy (non-hydrogen) atoms. The van der Waals surface area contributed by atoms with Gasteiger partial charge < -0.3 is 9.47 Å². The van der Waals surface area contributed by atoms with Crippen molar-refractivity contribution in [2.24, 2.45) is 0 Å². The Hall–Kier alpha value is -1.00. The minimum Gasteiger partial charge on any atom is -0.372 e. The topological polar surface area (TPSA) is 44.2 Å². The highest BCUT2D eigenvalue weighted by atomic mass is 16.5. The number of rotatable bonds is 2. The Kier molecular flexibility index (Phi) is 2.84. The normalized spacial score (nSPS) is 29.8. The molecule has 0 N–H and O–H groups in total. The van der Waals surface area contributed by atoms with E-state index >= 15 is 0 Å². The Bertz CT molecular complexity index is 327. The van der Waals surface area contributed by atoms with Crippen LogP contribution in [0.25, 0.3) is 0 Å². The summed E-state index contributed by atoms with van der Waals surface area (Å²) in [6.45, 7) is 1.70. The van der Waals surface area contributed by atoms with E-state index in [1.165, 1.54) is 0 Å². The van der Waals surface area contributed by atoms with E-state index in [9.17, 15) is 0 Å². The van der Waals surface area contributed by atoms with E-state index in [1.54, 1.807) is 6.33 Å². The predicted molar refractivity (Wildman–Crippen MR) is 57.9 cm³/mol. The molecule has 0 unspecified atom stereocenters. The lowest BCUT2D eigenvalue weighted by molar-refractivity contribution is 0.102. The van der Waals surface area contributed by atoms with Crippen LogP contribution in [0.3, 0.4) is 0 Å². The average Bonchev–Trinajstić information content (AvgIpc) is 3.03. The van der Waals surface area contributed by atoms with Crippen molar-refractivity contribution in [2.45, 2.75) is 37.9 Å². The lowest BCUT2D eigenvalue weighted by atomic mass is 10.1. The van der Waals surface area contributed by atoms with E-state index in [0.29, 0.717) is 0 Å². The zero-order valence-corrected chi connectivity index (χ0v) is 9.26. The molecule has 0 aliphatic carbocycles. The summed E-state index contributed by atoms with van der Waals surface area (Å²) in [7, 11) is 0. The highest BCUT2D eigenvalue weighted by molar-refractivity contribution is 5.14. The van der Waals surface area contributed by atoms with E-state index in [2.05, 4.69) is 9.97 Å². The van der Waals surface area contributed by atoms with Gasteiger partial charge in [-0.15, -0.1) is 0 Å². The number of hydrogen-bond donors (Lipinski definition) is 0. The fraction of sp³-hybridized carbons (Fsp3) is 0.667. The second kappa shape index (κ2) is 4.47. The highest BCUT2D eigenvalue weighted by Gasteiger charge is 2.23. The smallest absolute Gasteiger partial charge is 0.116 e. The van der Waals surface area contributed by atoms with Crippen LogP contribution in [-0.2, 0) is 9.47 Å². The van der Waals surface area contributed by atoms with Gasteiger partial charge in [-0.05, 0) is 31.7 Å². The van der Waals surface area contributed by atoms with Crippen LogP contribution < -0.4 is 0 Å². The van der Waals surface area contributed by atoms with Crippen LogP contribution in [0.1, 0.15) is 49.3 Å². The fourth-order valence-corrected chi connectivity index (χ4v) is 2.36. The Balaban J connectivity index is 1.81. The quantitative estimate of drug-likeness (QED) is 0.766. The first-order valence-electron chi connectivity index (χ1n) is 5.98. The summed E-state index contributed by atoms with van der Waals surface area (Å²) in [5, 5.41) is 0. The number of ether oxygens (including phenoxy) is 2. The first-order chi connectivity index (χ1) is 7.93. The van der Waals surface area contributed by atoms with Crippen LogP contribution in [-0.4, -0.2) is 23.2 Å². The summed E-state index contributed by atoms with van der Waals surface area (Å²) in [5.41, 5.74) is 2.02. The Morgan fingerprint density at radius 2 is 1.50 bits per heavy atom. The van der Waals surface area contributed by atoms with Crippen molar-refractivity contribution in [1.29, 1.82) is 0 Å². The molecule has 0 amide bonds. The molecular weight excluding hydrogens is 204 g/mol. The van der Waals surface area contributed by atoms with Gasteiger partial charge in [0.1, 0.15) is 6.33 Å². The number of aromatic nitrogens is 2. The largest absolute Gasteiger partial charge is 0.372 e. The van der Waals surface area contributed by atoms with Gasteiger partial charge in [-0.25, -0.2) is 9.97 Å². The van der Waals surface area contributed by atoms with E-state index in [1.807, 2.05) is 6.07 Å². The fourth-order valence-electron chi connectivity index (χ4n) is 2.36. The number of hydrogen-bond acceptors (Lipinski definition) is 4. The molecule has 4 nitrogen and oxygen atoms in total. The van der Waals surface area contributed by atoms with E-state index < -0.39 is 0 Å². The van der Waals surface area contributed by atoms with Gasteiger partial charge in [0.2, 0.25) is 0 Å². The van der Waals surface area contributed by atoms with Crippen LogP contribution in [0.2, 0.25) is 0 Å². The maximum absolute atomic E-state index is 5.63. The SMILES string of the molecule is c1nc([C@@H]2CCCO2)cc([C@H]2CCCO2)n1. The summed E-state index contributed by atoms with van der Waals surface area (Å²) < 4.78 is 11.3. The standard InChI is InChI=1S/C12H16N2O2/c1-3-11(15-5-1)9-7-10(14-8-13-9)12-4-2-6-16-12/h7-8,11-12H,1-6H2/t11-,12+. The van der Waals surface area contributed by atoms with Crippen molar-refractivity contribution in [2.75, 3.05) is 13.2 Å². The third kappa shape index (κ3) is 1.95. The van der Waals surface area contributed by atoms with Gasteiger partial charge in [0.05, 0.1) is 23.6 Å². The lowest BCUT2D eigenvalue weighted by Gasteiger charge is -2.12. The van der Waals surface area contributed by atoms with Crippen LogP contribution in [0, 0.1) is 0 Å². The zero-order valence-electron chi connectivity index (χ0n) is 9.26. The molecule has 4 heteroatoms. The summed E-state index contributed by atoms with van der Waals surface area (Å²) in [5.74, 6) is 0. The maximum Gasteiger partial charge on any atom is 0.116 e. The van der Waals surface area contributed by atoms with Crippen LogP contribution >= 0.6 is 0 Å². The third-order valence-corrected chi connectivity index (χ3v) is 3.23. The Morgan fingerprint density at radius 1 is 0.938 bits per heavy atom. The molecule has 3 heterocycles. The van der Waals surface area contributed by atoms with E-state index in [0.717, 1.165) is 50.3 Å². The minimum absolute atomic E-state index is 0.170. The van der Waals surface area contributed by atoms with Crippen molar-refractivity contribution in [1.82, 2.24) is 9.97 Å². The average molecular weight is 220 g/mol. The number of nitrogens with zero attached hydrogens (tertiary/aromatic N) is 2. The summed E-state index contributed by atoms with van der Waals surface area (Å²) in [6.07, 6.45) is 6.37. The lowest BCUT2D eigenvalue weighted by Crippen LogP contribution is -2.05. The summed E-state index contributed by atoms with van der Waals surface area (Å²) in [4.78, 5) is 8.60. The molecule has 2 aliphatic heterocycles. The predicted octanol–water partition coefficient (Wildman–Crippen LogP) is 2.18. The molecule has 0 bridgehead atoms. The van der Waals surface area contributed by atoms with Crippen molar-refractivity contribution in [3.8, 4) is 0 Å². The van der Waals surface area contributed by atoms with E-state index in [4.69, 9.17) is 9.47 Å². The van der Waals surface area contributed by atoms with Crippen LogP contribution in [0.5, 0.6) is 0 Å². The van der Waals surface area contributed by atoms with Gasteiger partial charge in [-0.3, -0.25) is 0 Å². The molecule has 2 fully saturated rings. The first kappa shape index (κ1) is 10.2. The summed E-state index contributed by atoms with van der Waals surface area (Å²) in [6, 6.07) is 2.05. The zero-order chi connectivity index (χ0) is 10.8. The second-order valence-electron chi connectivity index (χ2n) is 4.37. The molecule has 0 spiro atoms. The molecule has 2 aliphatic rings. The van der Waals surface area contributed by atoms with Gasteiger partial charge >= 0.3 is 0 Å². The van der Waals surface area contributed by atoms with Crippen molar-refractivity contribution in [3.63, 3.8) is 0 Å². The van der Waals surface area contributed by atoms with Crippen molar-refractivity contribution < 1.29 is 9.47 Å². The maximum atomic E-state index is 5.63. The molecular formula is C12H16N2O2. The van der Waals surface area contributed by atoms with Gasteiger partial charge in [0.15, 0.2) is 0 Å². The Labute approximate surface area is 95.0 Å². The molecule has 1 aromatic heterocycles. The molecule has 2 saturated heterocycles. The van der Waals surface area contributed by atoms with Gasteiger partial charge in [-0.2, -0.15) is 0 Å². The van der Waals surface area contributed by atoms with Gasteiger partial charge in [-0.1, -0.05) is 0 Å². The molecule has 0 aromatic carbocycles. The third-order valence-electron chi connectivity index (χ3n) is 3.23. The van der Waals surface area contributed by atoms with E-state index in [-0.39, 0.29) is 12.2 Å². The van der Waals surface area contributed by atoms with Crippen molar-refractivity contribution >= 4 is 0 Å². The monoisotopic (exact) mass is 220 g/mol. The molecule has 0 saturated carbocycles. The summed E-state index contributed by atoms with van der Waals surface area (Å²) >= 11 is 0. The van der Waals surface area contributed by atoms with Crippen LogP contribution in [0.15, 0.2) is 12.4 Å². The van der Waals surface area contributed by atoms with Crippen LogP contribution in [0.4, 0.5) is 0 Å². The Morgan fingerprint density at radius 3 is 1.94 bits per heavy atom. The molecule has 86 valence electrons. The minimum atomic E-state index is 0.170. The van der Waals surface area contributed by atoms with Gasteiger partial charge in [0.25, 0.3) is 0 Å². The molecule has 0 radical (unpaired) electrons. The van der Waals surface area contributed by atoms with Crippen molar-refractivity contribution in [3.05, 3.63) is 23.8 Å². The first-order valence-corrected chi connectivity index (χ1v) is 5.98.